The summed E-state index contributed by atoms with van der Waals surface area (Å²) < 4.78 is 11.7. The lowest BCUT2D eigenvalue weighted by Crippen LogP contribution is -2.45. The van der Waals surface area contributed by atoms with Crippen molar-refractivity contribution in [3.8, 4) is 5.75 Å². The zero-order valence-corrected chi connectivity index (χ0v) is 12.7. The van der Waals surface area contributed by atoms with Gasteiger partial charge in [0.1, 0.15) is 22.8 Å². The van der Waals surface area contributed by atoms with Crippen molar-refractivity contribution in [2.75, 3.05) is 5.32 Å². The van der Waals surface area contributed by atoms with Gasteiger partial charge in [0, 0.05) is 6.08 Å². The maximum atomic E-state index is 12.1. The van der Waals surface area contributed by atoms with Crippen molar-refractivity contribution >= 4 is 11.5 Å². The second-order valence-electron chi connectivity index (χ2n) is 5.49. The van der Waals surface area contributed by atoms with Gasteiger partial charge in [-0.25, -0.2) is 0 Å². The molecule has 3 rings (SSSR count). The molecule has 1 aromatic carbocycles. The van der Waals surface area contributed by atoms with Crippen LogP contribution in [-0.4, -0.2) is 11.5 Å². The molecule has 0 radical (unpaired) electrons. The van der Waals surface area contributed by atoms with Gasteiger partial charge in [-0.3, -0.25) is 4.79 Å². The summed E-state index contributed by atoms with van der Waals surface area (Å²) in [4.78, 5) is 12.1. The third-order valence-corrected chi connectivity index (χ3v) is 3.84. The van der Waals surface area contributed by atoms with Crippen LogP contribution in [0.25, 0.3) is 0 Å². The largest absolute Gasteiger partial charge is 0.466 e. The summed E-state index contributed by atoms with van der Waals surface area (Å²) in [5, 5.41) is 3.36. The molecule has 4 nitrogen and oxygen atoms in total. The van der Waals surface area contributed by atoms with E-state index in [0.717, 1.165) is 17.9 Å². The molecular formula is C17H19NO3. The topological polar surface area (TPSA) is 47.6 Å². The third-order valence-electron chi connectivity index (χ3n) is 3.84. The molecule has 21 heavy (non-hydrogen) atoms. The lowest BCUT2D eigenvalue weighted by Gasteiger charge is -2.32. The Balaban J connectivity index is 2.09. The van der Waals surface area contributed by atoms with Crippen molar-refractivity contribution in [1.29, 1.82) is 0 Å². The highest BCUT2D eigenvalue weighted by molar-refractivity contribution is 5.98. The van der Waals surface area contributed by atoms with Gasteiger partial charge in [0.05, 0.1) is 5.69 Å². The van der Waals surface area contributed by atoms with Crippen LogP contribution in [0.3, 0.4) is 0 Å². The van der Waals surface area contributed by atoms with Gasteiger partial charge in [0.15, 0.2) is 5.78 Å². The second-order valence-corrected chi connectivity index (χ2v) is 5.49. The maximum Gasteiger partial charge on any atom is 0.237 e. The van der Waals surface area contributed by atoms with Crippen LogP contribution < -0.4 is 10.1 Å². The molecule has 110 valence electrons. The van der Waals surface area contributed by atoms with Gasteiger partial charge in [0.2, 0.25) is 5.72 Å². The predicted octanol–water partition coefficient (Wildman–Crippen LogP) is 3.55. The summed E-state index contributed by atoms with van der Waals surface area (Å²) in [7, 11) is 0. The number of ketones is 1. The zero-order chi connectivity index (χ0) is 15.2. The van der Waals surface area contributed by atoms with Gasteiger partial charge in [0.25, 0.3) is 0 Å². The smallest absolute Gasteiger partial charge is 0.237 e. The number of allylic oxidation sites excluding steroid dienone is 2. The Labute approximate surface area is 124 Å². The van der Waals surface area contributed by atoms with Crippen LogP contribution >= 0.6 is 0 Å². The molecule has 0 saturated carbocycles. The predicted molar refractivity (Wildman–Crippen MR) is 81.0 cm³/mol. The highest BCUT2D eigenvalue weighted by atomic mass is 16.5. The maximum absolute atomic E-state index is 12.1. The monoisotopic (exact) mass is 285 g/mol. The molecule has 0 aliphatic carbocycles. The summed E-state index contributed by atoms with van der Waals surface area (Å²) in [6.07, 6.45) is 2.77. The number of rotatable bonds is 2. The van der Waals surface area contributed by atoms with E-state index < -0.39 is 5.72 Å². The Morgan fingerprint density at radius 2 is 2.10 bits per heavy atom. The van der Waals surface area contributed by atoms with Gasteiger partial charge in [-0.05, 0) is 44.9 Å². The first-order chi connectivity index (χ1) is 9.95. The second kappa shape index (κ2) is 4.65. The fourth-order valence-electron chi connectivity index (χ4n) is 3.01. The van der Waals surface area contributed by atoms with Crippen LogP contribution in [0.15, 0.2) is 41.4 Å². The number of hydrogen-bond acceptors (Lipinski definition) is 4. The van der Waals surface area contributed by atoms with E-state index in [-0.39, 0.29) is 5.78 Å². The minimum Gasteiger partial charge on any atom is -0.466 e. The molecule has 1 atom stereocenters. The standard InChI is InChI=1S/C17H19NO3/c1-5-13-6-7-15-14(8-13)18-17(21-15)9-10(2)20-12(4)16(17)11(3)19/h6-9,18H,5H2,1-4H3/t17-/m0/s1. The van der Waals surface area contributed by atoms with Crippen LogP contribution in [0.5, 0.6) is 5.75 Å². The van der Waals surface area contributed by atoms with E-state index >= 15 is 0 Å². The molecule has 0 saturated heterocycles. The molecule has 2 heterocycles. The van der Waals surface area contributed by atoms with Crippen LogP contribution in [0, 0.1) is 0 Å². The number of carbonyl (C=O) groups is 1. The first-order valence-electron chi connectivity index (χ1n) is 7.15. The van der Waals surface area contributed by atoms with E-state index in [1.807, 2.05) is 25.1 Å². The highest BCUT2D eigenvalue weighted by Crippen LogP contribution is 2.44. The molecule has 1 spiro atoms. The highest BCUT2D eigenvalue weighted by Gasteiger charge is 2.46. The number of fused-ring (bicyclic) bond motifs is 1. The van der Waals surface area contributed by atoms with E-state index in [1.165, 1.54) is 12.5 Å². The Morgan fingerprint density at radius 3 is 2.76 bits per heavy atom. The van der Waals surface area contributed by atoms with Crippen molar-refractivity contribution in [2.24, 2.45) is 0 Å². The van der Waals surface area contributed by atoms with Crippen LogP contribution in [0.2, 0.25) is 0 Å². The van der Waals surface area contributed by atoms with Crippen molar-refractivity contribution in [1.82, 2.24) is 0 Å². The number of hydrogen-bond donors (Lipinski definition) is 1. The molecular weight excluding hydrogens is 266 g/mol. The first kappa shape index (κ1) is 13.7. The summed E-state index contributed by atoms with van der Waals surface area (Å²) in [6.45, 7) is 7.29. The summed E-state index contributed by atoms with van der Waals surface area (Å²) in [5.41, 5.74) is 1.70. The van der Waals surface area contributed by atoms with Gasteiger partial charge in [-0.15, -0.1) is 0 Å². The average molecular weight is 285 g/mol. The molecule has 4 heteroatoms. The van der Waals surface area contributed by atoms with Gasteiger partial charge < -0.3 is 14.8 Å². The SMILES string of the molecule is CCc1ccc2c(c1)N[C@@]1(C=C(C)OC(C)=C1C(C)=O)O2. The molecule has 0 bridgehead atoms. The Bertz CT molecular complexity index is 687. The summed E-state index contributed by atoms with van der Waals surface area (Å²) >= 11 is 0. The van der Waals surface area contributed by atoms with E-state index in [1.54, 1.807) is 6.92 Å². The third kappa shape index (κ3) is 2.11. The van der Waals surface area contributed by atoms with E-state index in [0.29, 0.717) is 17.1 Å². The molecule has 2 aliphatic rings. The average Bonchev–Trinajstić information content (AvgIpc) is 2.73. The number of nitrogens with one attached hydrogen (secondary N) is 1. The molecule has 0 aromatic heterocycles. The van der Waals surface area contributed by atoms with Gasteiger partial charge in [-0.1, -0.05) is 13.0 Å². The number of anilines is 1. The Morgan fingerprint density at radius 1 is 1.33 bits per heavy atom. The minimum absolute atomic E-state index is 0.0627. The van der Waals surface area contributed by atoms with Crippen molar-refractivity contribution in [2.45, 2.75) is 39.8 Å². The van der Waals surface area contributed by atoms with Crippen LogP contribution in [0.1, 0.15) is 33.3 Å². The summed E-state index contributed by atoms with van der Waals surface area (Å²) in [5.74, 6) is 1.99. The number of aryl methyl sites for hydroxylation is 1. The molecule has 0 unspecified atom stereocenters. The number of ether oxygens (including phenoxy) is 2. The number of Topliss-reactive ketones (excluding diaryl/α,β-unsaturated/α-hetero) is 1. The molecule has 2 aliphatic heterocycles. The molecule has 0 fully saturated rings. The Hall–Kier alpha value is -2.23. The lowest BCUT2D eigenvalue weighted by atomic mass is 9.95. The van der Waals surface area contributed by atoms with Crippen LogP contribution in [0.4, 0.5) is 5.69 Å². The first-order valence-corrected chi connectivity index (χ1v) is 7.15. The number of benzene rings is 1. The van der Waals surface area contributed by atoms with E-state index in [4.69, 9.17) is 9.47 Å². The summed E-state index contributed by atoms with van der Waals surface area (Å²) in [6, 6.07) is 6.05. The normalized spacial score (nSPS) is 23.1. The molecule has 1 N–H and O–H groups in total. The van der Waals surface area contributed by atoms with Gasteiger partial charge in [-0.2, -0.15) is 0 Å². The lowest BCUT2D eigenvalue weighted by molar-refractivity contribution is -0.115. The van der Waals surface area contributed by atoms with Gasteiger partial charge >= 0.3 is 0 Å². The minimum atomic E-state index is -0.951. The fraction of sp³-hybridized carbons (Fsp3) is 0.353. The van der Waals surface area contributed by atoms with E-state index in [9.17, 15) is 4.79 Å². The van der Waals surface area contributed by atoms with Crippen LogP contribution in [-0.2, 0) is 16.0 Å². The number of carbonyl (C=O) groups excluding carboxylic acids is 1. The Kier molecular flexibility index (Phi) is 3.04. The van der Waals surface area contributed by atoms with E-state index in [2.05, 4.69) is 18.3 Å². The molecule has 0 amide bonds. The quantitative estimate of drug-likeness (QED) is 0.902. The molecule has 1 aromatic rings. The van der Waals surface area contributed by atoms with Crippen molar-refractivity contribution < 1.29 is 14.3 Å². The fourth-order valence-corrected chi connectivity index (χ4v) is 3.01. The van der Waals surface area contributed by atoms with Crippen molar-refractivity contribution in [3.63, 3.8) is 0 Å². The van der Waals surface area contributed by atoms with Crippen molar-refractivity contribution in [3.05, 3.63) is 46.9 Å². The zero-order valence-electron chi connectivity index (χ0n) is 12.7.